The van der Waals surface area contributed by atoms with E-state index in [-0.39, 0.29) is 22.8 Å². The topological polar surface area (TPSA) is 73.3 Å². The molecule has 0 saturated carbocycles. The van der Waals surface area contributed by atoms with E-state index < -0.39 is 10.7 Å². The summed E-state index contributed by atoms with van der Waals surface area (Å²) in [6, 6.07) is 6.03. The molecule has 0 aliphatic carbocycles. The molecule has 0 spiro atoms. The molecule has 1 aromatic carbocycles. The Morgan fingerprint density at radius 1 is 1.29 bits per heavy atom. The average molecular weight is 235 g/mol. The summed E-state index contributed by atoms with van der Waals surface area (Å²) >= 11 is 0. The first-order chi connectivity index (χ1) is 8.11. The molecule has 0 bridgehead atoms. The number of rotatable bonds is 3. The second-order valence-electron chi connectivity index (χ2n) is 3.24. The molecular weight excluding hydrogens is 229 g/mol. The van der Waals surface area contributed by atoms with E-state index in [0.717, 1.165) is 6.07 Å². The van der Waals surface area contributed by atoms with E-state index >= 15 is 0 Å². The molecule has 0 atom stereocenters. The number of furan rings is 1. The standard InChI is InChI=1S/C11H6FNO4/c12-10-5-7(13(15)16)1-3-9(10)11-4-2-8(6-14)17-11/h1-6H. The molecule has 0 radical (unpaired) electrons. The molecule has 0 saturated heterocycles. The van der Waals surface area contributed by atoms with Gasteiger partial charge >= 0.3 is 0 Å². The number of halogens is 1. The van der Waals surface area contributed by atoms with Gasteiger partial charge in [0, 0.05) is 6.07 Å². The fraction of sp³-hybridized carbons (Fsp3) is 0. The minimum atomic E-state index is -0.772. The number of hydrogen-bond donors (Lipinski definition) is 0. The summed E-state index contributed by atoms with van der Waals surface area (Å²) in [5.41, 5.74) is -0.267. The van der Waals surface area contributed by atoms with Crippen LogP contribution in [0.3, 0.4) is 0 Å². The van der Waals surface area contributed by atoms with E-state index in [2.05, 4.69) is 0 Å². The third-order valence-corrected chi connectivity index (χ3v) is 2.17. The van der Waals surface area contributed by atoms with Crippen molar-refractivity contribution in [2.45, 2.75) is 0 Å². The summed E-state index contributed by atoms with van der Waals surface area (Å²) in [7, 11) is 0. The van der Waals surface area contributed by atoms with Crippen LogP contribution in [0, 0.1) is 15.9 Å². The molecule has 0 fully saturated rings. The Hall–Kier alpha value is -2.50. The Labute approximate surface area is 94.6 Å². The van der Waals surface area contributed by atoms with Gasteiger partial charge in [0.05, 0.1) is 16.6 Å². The monoisotopic (exact) mass is 235 g/mol. The highest BCUT2D eigenvalue weighted by atomic mass is 19.1. The summed E-state index contributed by atoms with van der Waals surface area (Å²) < 4.78 is 18.6. The Balaban J connectivity index is 2.46. The van der Waals surface area contributed by atoms with Gasteiger partial charge in [-0.15, -0.1) is 0 Å². The summed E-state index contributed by atoms with van der Waals surface area (Å²) in [5.74, 6) is -0.553. The SMILES string of the molecule is O=Cc1ccc(-c2ccc([N+](=O)[O-])cc2F)o1. The Morgan fingerprint density at radius 3 is 2.59 bits per heavy atom. The lowest BCUT2D eigenvalue weighted by atomic mass is 10.1. The van der Waals surface area contributed by atoms with Crippen LogP contribution in [-0.2, 0) is 0 Å². The Morgan fingerprint density at radius 2 is 2.06 bits per heavy atom. The van der Waals surface area contributed by atoms with Crippen LogP contribution in [0.4, 0.5) is 10.1 Å². The molecule has 6 heteroatoms. The van der Waals surface area contributed by atoms with Gasteiger partial charge in [-0.25, -0.2) is 4.39 Å². The summed E-state index contributed by atoms with van der Waals surface area (Å²) in [6.45, 7) is 0. The highest BCUT2D eigenvalue weighted by Crippen LogP contribution is 2.27. The maximum Gasteiger partial charge on any atom is 0.272 e. The van der Waals surface area contributed by atoms with Crippen LogP contribution in [0.2, 0.25) is 0 Å². The van der Waals surface area contributed by atoms with Crippen molar-refractivity contribution in [1.29, 1.82) is 0 Å². The van der Waals surface area contributed by atoms with Gasteiger partial charge in [0.1, 0.15) is 11.6 Å². The van der Waals surface area contributed by atoms with Crippen molar-refractivity contribution in [2.24, 2.45) is 0 Å². The molecule has 86 valence electrons. The summed E-state index contributed by atoms with van der Waals surface area (Å²) in [5, 5.41) is 10.4. The zero-order chi connectivity index (χ0) is 12.4. The molecule has 0 aliphatic heterocycles. The molecule has 2 aromatic rings. The van der Waals surface area contributed by atoms with E-state index in [0.29, 0.717) is 6.29 Å². The molecule has 1 heterocycles. The first-order valence-electron chi connectivity index (χ1n) is 4.61. The predicted octanol–water partition coefficient (Wildman–Crippen LogP) is 2.81. The molecule has 0 unspecified atom stereocenters. The molecule has 5 nitrogen and oxygen atoms in total. The first kappa shape index (κ1) is 11.0. The Bertz CT molecular complexity index is 591. The van der Waals surface area contributed by atoms with Crippen molar-refractivity contribution >= 4 is 12.0 Å². The fourth-order valence-electron chi connectivity index (χ4n) is 1.38. The van der Waals surface area contributed by atoms with E-state index in [1.54, 1.807) is 0 Å². The van der Waals surface area contributed by atoms with Crippen LogP contribution in [-0.4, -0.2) is 11.2 Å². The number of hydrogen-bond acceptors (Lipinski definition) is 4. The number of aldehydes is 1. The van der Waals surface area contributed by atoms with Gasteiger partial charge in [-0.3, -0.25) is 14.9 Å². The molecular formula is C11H6FNO4. The molecule has 0 amide bonds. The molecule has 0 N–H and O–H groups in total. The third kappa shape index (κ3) is 2.05. The summed E-state index contributed by atoms with van der Waals surface area (Å²) in [6.07, 6.45) is 0.493. The normalized spacial score (nSPS) is 10.2. The summed E-state index contributed by atoms with van der Waals surface area (Å²) in [4.78, 5) is 20.1. The number of carbonyl (C=O) groups is 1. The lowest BCUT2D eigenvalue weighted by molar-refractivity contribution is -0.385. The largest absolute Gasteiger partial charge is 0.453 e. The van der Waals surface area contributed by atoms with Crippen LogP contribution in [0.5, 0.6) is 0 Å². The van der Waals surface area contributed by atoms with Crippen LogP contribution < -0.4 is 0 Å². The van der Waals surface area contributed by atoms with Crippen LogP contribution >= 0.6 is 0 Å². The van der Waals surface area contributed by atoms with E-state index in [9.17, 15) is 19.3 Å². The maximum atomic E-state index is 13.6. The van der Waals surface area contributed by atoms with Gasteiger partial charge in [-0.05, 0) is 18.2 Å². The van der Waals surface area contributed by atoms with Crippen molar-refractivity contribution in [3.8, 4) is 11.3 Å². The van der Waals surface area contributed by atoms with Gasteiger partial charge in [-0.1, -0.05) is 0 Å². The van der Waals surface area contributed by atoms with Gasteiger partial charge in [0.15, 0.2) is 12.0 Å². The lowest BCUT2D eigenvalue weighted by Gasteiger charge is -1.99. The van der Waals surface area contributed by atoms with Gasteiger partial charge in [0.25, 0.3) is 5.69 Å². The predicted molar refractivity (Wildman–Crippen MR) is 56.1 cm³/mol. The van der Waals surface area contributed by atoms with Gasteiger partial charge in [0.2, 0.25) is 0 Å². The van der Waals surface area contributed by atoms with Gasteiger partial charge < -0.3 is 4.42 Å². The number of benzene rings is 1. The number of nitro benzene ring substituents is 1. The second-order valence-corrected chi connectivity index (χ2v) is 3.24. The average Bonchev–Trinajstić information content (AvgIpc) is 2.77. The van der Waals surface area contributed by atoms with Gasteiger partial charge in [-0.2, -0.15) is 0 Å². The van der Waals surface area contributed by atoms with Crippen LogP contribution in [0.1, 0.15) is 10.6 Å². The third-order valence-electron chi connectivity index (χ3n) is 2.17. The van der Waals surface area contributed by atoms with Crippen molar-refractivity contribution in [3.05, 3.63) is 52.0 Å². The lowest BCUT2D eigenvalue weighted by Crippen LogP contribution is -1.90. The zero-order valence-electron chi connectivity index (χ0n) is 8.42. The number of non-ortho nitro benzene ring substituents is 1. The first-order valence-corrected chi connectivity index (χ1v) is 4.61. The highest BCUT2D eigenvalue weighted by Gasteiger charge is 2.14. The van der Waals surface area contributed by atoms with Crippen LogP contribution in [0.15, 0.2) is 34.7 Å². The molecule has 17 heavy (non-hydrogen) atoms. The highest BCUT2D eigenvalue weighted by molar-refractivity contribution is 5.73. The molecule has 1 aromatic heterocycles. The van der Waals surface area contributed by atoms with Crippen LogP contribution in [0.25, 0.3) is 11.3 Å². The Kier molecular flexibility index (Phi) is 2.70. The minimum Gasteiger partial charge on any atom is -0.453 e. The quantitative estimate of drug-likeness (QED) is 0.465. The smallest absolute Gasteiger partial charge is 0.272 e. The minimum absolute atomic E-state index is 0.0674. The maximum absolute atomic E-state index is 13.6. The van der Waals surface area contributed by atoms with E-state index in [1.807, 2.05) is 0 Å². The van der Waals surface area contributed by atoms with Crippen molar-refractivity contribution < 1.29 is 18.5 Å². The number of nitro groups is 1. The zero-order valence-corrected chi connectivity index (χ0v) is 8.42. The molecule has 0 aliphatic rings. The van der Waals surface area contributed by atoms with E-state index in [1.165, 1.54) is 24.3 Å². The van der Waals surface area contributed by atoms with Crippen molar-refractivity contribution in [2.75, 3.05) is 0 Å². The van der Waals surface area contributed by atoms with Crippen molar-refractivity contribution in [3.63, 3.8) is 0 Å². The second kappa shape index (κ2) is 4.17. The fourth-order valence-corrected chi connectivity index (χ4v) is 1.38. The number of nitrogens with zero attached hydrogens (tertiary/aromatic N) is 1. The number of carbonyl (C=O) groups excluding carboxylic acids is 1. The van der Waals surface area contributed by atoms with Crippen molar-refractivity contribution in [1.82, 2.24) is 0 Å². The van der Waals surface area contributed by atoms with E-state index in [4.69, 9.17) is 4.42 Å². The molecule has 2 rings (SSSR count).